The van der Waals surface area contributed by atoms with Crippen molar-refractivity contribution in [2.45, 2.75) is 0 Å². The Kier molecular flexibility index (Phi) is 2.85. The molecule has 66 valence electrons. The van der Waals surface area contributed by atoms with E-state index in [-0.39, 0.29) is 0 Å². The van der Waals surface area contributed by atoms with Crippen molar-refractivity contribution in [2.75, 3.05) is 12.4 Å². The minimum atomic E-state index is 0.691. The van der Waals surface area contributed by atoms with Gasteiger partial charge in [0.2, 0.25) is 0 Å². The first-order valence-corrected chi connectivity index (χ1v) is 4.02. The van der Waals surface area contributed by atoms with Crippen LogP contribution >= 0.6 is 0 Å². The number of terminal acetylenes is 3. The van der Waals surface area contributed by atoms with Crippen molar-refractivity contribution in [1.82, 2.24) is 0 Å². The molecule has 0 radical (unpaired) electrons. The van der Waals surface area contributed by atoms with Gasteiger partial charge in [-0.25, -0.2) is 0 Å². The molecular weight excluding hydrogens is 170 g/mol. The van der Waals surface area contributed by atoms with Crippen molar-refractivity contribution in [1.29, 1.82) is 0 Å². The van der Waals surface area contributed by atoms with Gasteiger partial charge in [-0.3, -0.25) is 0 Å². The number of benzene rings is 1. The smallest absolute Gasteiger partial charge is 0.0656 e. The maximum absolute atomic E-state index is 5.35. The monoisotopic (exact) mass is 179 g/mol. The molecule has 1 aromatic carbocycles. The van der Waals surface area contributed by atoms with Crippen LogP contribution in [-0.2, 0) is 0 Å². The van der Waals surface area contributed by atoms with Gasteiger partial charge in [0, 0.05) is 23.7 Å². The molecule has 0 aliphatic carbocycles. The molecule has 0 atom stereocenters. The highest BCUT2D eigenvalue weighted by Gasteiger charge is 2.05. The molecule has 1 aromatic rings. The lowest BCUT2D eigenvalue weighted by molar-refractivity contribution is 1.45. The van der Waals surface area contributed by atoms with Crippen LogP contribution in [0.5, 0.6) is 0 Å². The molecule has 0 amide bonds. The first-order chi connectivity index (χ1) is 6.76. The van der Waals surface area contributed by atoms with Crippen LogP contribution in [0, 0.1) is 37.0 Å². The van der Waals surface area contributed by atoms with E-state index < -0.39 is 0 Å². The molecule has 1 heteroatoms. The second-order valence-corrected chi connectivity index (χ2v) is 2.63. The van der Waals surface area contributed by atoms with Crippen LogP contribution in [0.15, 0.2) is 12.1 Å². The van der Waals surface area contributed by atoms with E-state index in [0.29, 0.717) is 16.7 Å². The SMILES string of the molecule is C#Cc1cc(C#C)c(NC)c(C#C)c1. The molecule has 0 saturated heterocycles. The van der Waals surface area contributed by atoms with Gasteiger partial charge in [0.1, 0.15) is 0 Å². The predicted octanol–water partition coefficient (Wildman–Crippen LogP) is 1.67. The lowest BCUT2D eigenvalue weighted by Crippen LogP contribution is -1.97. The lowest BCUT2D eigenvalue weighted by atomic mass is 10.0. The van der Waals surface area contributed by atoms with Crippen molar-refractivity contribution < 1.29 is 0 Å². The van der Waals surface area contributed by atoms with Crippen molar-refractivity contribution in [2.24, 2.45) is 0 Å². The van der Waals surface area contributed by atoms with E-state index in [1.165, 1.54) is 0 Å². The predicted molar refractivity (Wildman–Crippen MR) is 59.8 cm³/mol. The Morgan fingerprint density at radius 3 is 1.79 bits per heavy atom. The van der Waals surface area contributed by atoms with E-state index in [2.05, 4.69) is 23.1 Å². The number of hydrogen-bond acceptors (Lipinski definition) is 1. The van der Waals surface area contributed by atoms with Gasteiger partial charge in [0.05, 0.1) is 5.69 Å². The molecule has 0 fully saturated rings. The van der Waals surface area contributed by atoms with Crippen molar-refractivity contribution in [3.63, 3.8) is 0 Å². The van der Waals surface area contributed by atoms with Gasteiger partial charge in [0.25, 0.3) is 0 Å². The summed E-state index contributed by atoms with van der Waals surface area (Å²) < 4.78 is 0. The Balaban J connectivity index is 3.54. The molecule has 1 rings (SSSR count). The number of anilines is 1. The molecule has 0 saturated carbocycles. The fraction of sp³-hybridized carbons (Fsp3) is 0.0769. The average Bonchev–Trinajstić information content (AvgIpc) is 2.26. The Bertz CT molecular complexity index is 440. The Morgan fingerprint density at radius 2 is 1.50 bits per heavy atom. The summed E-state index contributed by atoms with van der Waals surface area (Å²) in [4.78, 5) is 0. The van der Waals surface area contributed by atoms with E-state index >= 15 is 0 Å². The summed E-state index contributed by atoms with van der Waals surface area (Å²) in [6, 6.07) is 3.51. The van der Waals surface area contributed by atoms with Gasteiger partial charge < -0.3 is 5.32 Å². The van der Waals surface area contributed by atoms with E-state index in [4.69, 9.17) is 19.3 Å². The quantitative estimate of drug-likeness (QED) is 0.647. The molecule has 0 unspecified atom stereocenters. The Hall–Kier alpha value is -2.30. The van der Waals surface area contributed by atoms with E-state index in [0.717, 1.165) is 5.69 Å². The van der Waals surface area contributed by atoms with Crippen molar-refractivity contribution in [3.8, 4) is 37.0 Å². The van der Waals surface area contributed by atoms with Crippen molar-refractivity contribution in [3.05, 3.63) is 28.8 Å². The highest BCUT2D eigenvalue weighted by Crippen LogP contribution is 2.21. The van der Waals surface area contributed by atoms with Crippen molar-refractivity contribution >= 4 is 5.69 Å². The van der Waals surface area contributed by atoms with Gasteiger partial charge >= 0.3 is 0 Å². The topological polar surface area (TPSA) is 12.0 Å². The van der Waals surface area contributed by atoms with Gasteiger partial charge in [-0.1, -0.05) is 17.8 Å². The third-order valence-corrected chi connectivity index (χ3v) is 1.87. The summed E-state index contributed by atoms with van der Waals surface area (Å²) in [5.41, 5.74) is 2.85. The molecule has 0 heterocycles. The number of rotatable bonds is 1. The third-order valence-electron chi connectivity index (χ3n) is 1.87. The molecular formula is C13H9N. The number of nitrogens with one attached hydrogen (secondary N) is 1. The second kappa shape index (κ2) is 4.08. The molecule has 1 nitrogen and oxygen atoms in total. The lowest BCUT2D eigenvalue weighted by Gasteiger charge is -2.07. The molecule has 0 aliphatic heterocycles. The normalized spacial score (nSPS) is 8.14. The zero-order valence-electron chi connectivity index (χ0n) is 7.89. The maximum Gasteiger partial charge on any atom is 0.0656 e. The summed E-state index contributed by atoms with van der Waals surface area (Å²) >= 11 is 0. The highest BCUT2D eigenvalue weighted by molar-refractivity contribution is 5.70. The summed E-state index contributed by atoms with van der Waals surface area (Å²) in [7, 11) is 1.77. The van der Waals surface area contributed by atoms with E-state index in [1.807, 2.05) is 0 Å². The summed E-state index contributed by atoms with van der Waals surface area (Å²) in [6.45, 7) is 0. The van der Waals surface area contributed by atoms with Gasteiger partial charge in [-0.2, -0.15) is 0 Å². The van der Waals surface area contributed by atoms with E-state index in [1.54, 1.807) is 19.2 Å². The Morgan fingerprint density at radius 1 is 1.00 bits per heavy atom. The van der Waals surface area contributed by atoms with Crippen LogP contribution in [0.3, 0.4) is 0 Å². The standard InChI is InChI=1S/C13H9N/c1-5-10-8-11(6-2)13(14-4)12(7-3)9-10/h1-3,8-9,14H,4H3. The number of hydrogen-bond donors (Lipinski definition) is 1. The minimum Gasteiger partial charge on any atom is -0.386 e. The fourth-order valence-electron chi connectivity index (χ4n) is 1.22. The zero-order chi connectivity index (χ0) is 10.6. The highest BCUT2D eigenvalue weighted by atomic mass is 14.8. The first-order valence-electron chi connectivity index (χ1n) is 4.02. The molecule has 0 aliphatic rings. The van der Waals surface area contributed by atoms with Crippen LogP contribution in [0.25, 0.3) is 0 Å². The zero-order valence-corrected chi connectivity index (χ0v) is 7.89. The molecule has 0 aromatic heterocycles. The minimum absolute atomic E-state index is 0.691. The van der Waals surface area contributed by atoms with Gasteiger partial charge in [-0.15, -0.1) is 19.3 Å². The van der Waals surface area contributed by atoms with Crippen LogP contribution in [0.2, 0.25) is 0 Å². The average molecular weight is 179 g/mol. The maximum atomic E-state index is 5.35. The molecule has 0 bridgehead atoms. The first kappa shape index (κ1) is 9.79. The fourth-order valence-corrected chi connectivity index (χ4v) is 1.22. The summed E-state index contributed by atoms with van der Waals surface area (Å²) in [6.07, 6.45) is 16.0. The molecule has 1 N–H and O–H groups in total. The van der Waals surface area contributed by atoms with Gasteiger partial charge in [0.15, 0.2) is 0 Å². The van der Waals surface area contributed by atoms with Crippen LogP contribution in [0.4, 0.5) is 5.69 Å². The third kappa shape index (κ3) is 1.56. The van der Waals surface area contributed by atoms with Gasteiger partial charge in [-0.05, 0) is 12.1 Å². The Labute approximate surface area is 84.5 Å². The largest absolute Gasteiger partial charge is 0.386 e. The summed E-state index contributed by atoms with van der Waals surface area (Å²) in [5.74, 6) is 7.59. The van der Waals surface area contributed by atoms with Crippen LogP contribution in [-0.4, -0.2) is 7.05 Å². The van der Waals surface area contributed by atoms with E-state index in [9.17, 15) is 0 Å². The summed E-state index contributed by atoms with van der Waals surface area (Å²) in [5, 5.41) is 2.96. The molecule has 0 spiro atoms. The second-order valence-electron chi connectivity index (χ2n) is 2.63. The molecule has 14 heavy (non-hydrogen) atoms. The van der Waals surface area contributed by atoms with Crippen LogP contribution in [0.1, 0.15) is 16.7 Å². The van der Waals surface area contributed by atoms with Crippen LogP contribution < -0.4 is 5.32 Å².